The van der Waals surface area contributed by atoms with E-state index >= 15 is 0 Å². The Bertz CT molecular complexity index is 192. The molecular formula is C9H17ClFNO2. The fourth-order valence-electron chi connectivity index (χ4n) is 1.89. The number of hydrogen-bond acceptors (Lipinski definition) is 2. The lowest BCUT2D eigenvalue weighted by molar-refractivity contribution is -0.139. The number of nitrogens with zero attached hydrogens (tertiary/aromatic N) is 1. The first-order valence-corrected chi connectivity index (χ1v) is 4.67. The minimum Gasteiger partial charge on any atom is -0.480 e. The molecule has 0 aliphatic heterocycles. The number of carbonyl (C=O) groups is 1. The molecule has 1 fully saturated rings. The van der Waals surface area contributed by atoms with Crippen LogP contribution in [0.15, 0.2) is 0 Å². The monoisotopic (exact) mass is 225 g/mol. The number of carboxylic acids is 1. The number of rotatable bonds is 3. The molecule has 5 heteroatoms. The fraction of sp³-hybridized carbons (Fsp3) is 0.889. The lowest BCUT2D eigenvalue weighted by Gasteiger charge is -2.32. The Morgan fingerprint density at radius 1 is 1.50 bits per heavy atom. The zero-order chi connectivity index (χ0) is 9.84. The predicted molar refractivity (Wildman–Crippen MR) is 54.7 cm³/mol. The minimum absolute atomic E-state index is 0. The van der Waals surface area contributed by atoms with Gasteiger partial charge in [-0.05, 0) is 19.9 Å². The Labute approximate surface area is 89.7 Å². The maximum atomic E-state index is 13.3. The smallest absolute Gasteiger partial charge is 0.317 e. The molecular weight excluding hydrogens is 209 g/mol. The number of likely N-dealkylation sites (N-methyl/N-ethyl adjacent to an activating group) is 1. The molecule has 2 atom stereocenters. The molecule has 0 heterocycles. The zero-order valence-corrected chi connectivity index (χ0v) is 9.10. The summed E-state index contributed by atoms with van der Waals surface area (Å²) in [6, 6.07) is -0.190. The molecule has 0 spiro atoms. The second-order valence-corrected chi connectivity index (χ2v) is 3.68. The van der Waals surface area contributed by atoms with Crippen LogP contribution in [0.3, 0.4) is 0 Å². The number of hydrogen-bond donors (Lipinski definition) is 1. The van der Waals surface area contributed by atoms with Crippen LogP contribution in [0, 0.1) is 0 Å². The van der Waals surface area contributed by atoms with Crippen LogP contribution in [-0.2, 0) is 4.79 Å². The summed E-state index contributed by atoms with van der Waals surface area (Å²) in [5.41, 5.74) is 0. The van der Waals surface area contributed by atoms with Crippen LogP contribution in [0.2, 0.25) is 0 Å². The molecule has 84 valence electrons. The van der Waals surface area contributed by atoms with Crippen molar-refractivity contribution in [2.75, 3.05) is 13.6 Å². The average Bonchev–Trinajstić information content (AvgIpc) is 2.03. The molecule has 0 aromatic rings. The van der Waals surface area contributed by atoms with E-state index in [2.05, 4.69) is 0 Å². The van der Waals surface area contributed by atoms with Gasteiger partial charge in [-0.1, -0.05) is 12.8 Å². The average molecular weight is 226 g/mol. The van der Waals surface area contributed by atoms with Gasteiger partial charge < -0.3 is 5.11 Å². The highest BCUT2D eigenvalue weighted by molar-refractivity contribution is 5.85. The first-order chi connectivity index (χ1) is 6.11. The Kier molecular flexibility index (Phi) is 6.04. The normalized spacial score (nSPS) is 27.1. The van der Waals surface area contributed by atoms with Gasteiger partial charge in [0.15, 0.2) is 0 Å². The van der Waals surface area contributed by atoms with E-state index in [-0.39, 0.29) is 25.0 Å². The van der Waals surface area contributed by atoms with E-state index in [9.17, 15) is 9.18 Å². The lowest BCUT2D eigenvalue weighted by Crippen LogP contribution is -2.43. The molecule has 1 aliphatic rings. The quantitative estimate of drug-likeness (QED) is 0.795. The number of alkyl halides is 1. The van der Waals surface area contributed by atoms with Crippen molar-refractivity contribution in [1.82, 2.24) is 4.90 Å². The van der Waals surface area contributed by atoms with E-state index in [0.29, 0.717) is 6.42 Å². The molecule has 14 heavy (non-hydrogen) atoms. The molecule has 0 unspecified atom stereocenters. The Morgan fingerprint density at radius 2 is 2.07 bits per heavy atom. The second kappa shape index (κ2) is 6.19. The van der Waals surface area contributed by atoms with Gasteiger partial charge in [0.25, 0.3) is 0 Å². The molecule has 1 rings (SSSR count). The molecule has 0 amide bonds. The maximum Gasteiger partial charge on any atom is 0.317 e. The van der Waals surface area contributed by atoms with E-state index in [0.717, 1.165) is 19.3 Å². The summed E-state index contributed by atoms with van der Waals surface area (Å²) in [5, 5.41) is 8.54. The number of aliphatic carboxylic acids is 1. The van der Waals surface area contributed by atoms with Gasteiger partial charge in [0.05, 0.1) is 6.54 Å². The molecule has 0 aromatic heterocycles. The Balaban J connectivity index is 0.00000169. The molecule has 0 saturated heterocycles. The van der Waals surface area contributed by atoms with Gasteiger partial charge in [0.1, 0.15) is 6.17 Å². The van der Waals surface area contributed by atoms with Crippen LogP contribution < -0.4 is 0 Å². The fourth-order valence-corrected chi connectivity index (χ4v) is 1.89. The SMILES string of the molecule is CN(CC(=O)O)[C@@H]1CCCC[C@H]1F.Cl. The van der Waals surface area contributed by atoms with E-state index in [4.69, 9.17) is 5.11 Å². The molecule has 0 radical (unpaired) electrons. The summed E-state index contributed by atoms with van der Waals surface area (Å²) in [4.78, 5) is 12.0. The molecule has 1 saturated carbocycles. The van der Waals surface area contributed by atoms with Crippen LogP contribution in [0.5, 0.6) is 0 Å². The third-order valence-corrected chi connectivity index (χ3v) is 2.60. The zero-order valence-electron chi connectivity index (χ0n) is 8.28. The van der Waals surface area contributed by atoms with Crippen LogP contribution in [-0.4, -0.2) is 41.8 Å². The minimum atomic E-state index is -0.889. The van der Waals surface area contributed by atoms with E-state index < -0.39 is 12.1 Å². The van der Waals surface area contributed by atoms with E-state index in [1.165, 1.54) is 0 Å². The third-order valence-electron chi connectivity index (χ3n) is 2.60. The summed E-state index contributed by atoms with van der Waals surface area (Å²) < 4.78 is 13.3. The molecule has 3 nitrogen and oxygen atoms in total. The highest BCUT2D eigenvalue weighted by Crippen LogP contribution is 2.24. The largest absolute Gasteiger partial charge is 0.480 e. The van der Waals surface area contributed by atoms with Gasteiger partial charge >= 0.3 is 5.97 Å². The van der Waals surface area contributed by atoms with Gasteiger partial charge in [-0.25, -0.2) is 4.39 Å². The summed E-state index contributed by atoms with van der Waals surface area (Å²) in [6.07, 6.45) is 2.45. The van der Waals surface area contributed by atoms with Crippen molar-refractivity contribution in [2.24, 2.45) is 0 Å². The summed E-state index contributed by atoms with van der Waals surface area (Å²) in [5.74, 6) is -0.889. The van der Waals surface area contributed by atoms with E-state index in [1.807, 2.05) is 0 Å². The Morgan fingerprint density at radius 3 is 2.57 bits per heavy atom. The summed E-state index contributed by atoms with van der Waals surface area (Å²) >= 11 is 0. The highest BCUT2D eigenvalue weighted by atomic mass is 35.5. The van der Waals surface area contributed by atoms with Crippen LogP contribution in [0.1, 0.15) is 25.7 Å². The number of carboxylic acid groups (broad SMARTS) is 1. The third kappa shape index (κ3) is 3.80. The van der Waals surface area contributed by atoms with Crippen molar-refractivity contribution in [1.29, 1.82) is 0 Å². The first kappa shape index (κ1) is 13.7. The predicted octanol–water partition coefficient (Wildman–Crippen LogP) is 1.71. The summed E-state index contributed by atoms with van der Waals surface area (Å²) in [7, 11) is 1.68. The highest BCUT2D eigenvalue weighted by Gasteiger charge is 2.28. The standard InChI is InChI=1S/C9H16FNO2.ClH/c1-11(6-9(12)13)8-5-3-2-4-7(8)10;/h7-8H,2-6H2,1H3,(H,12,13);1H/t7-,8-;/m1./s1. The lowest BCUT2D eigenvalue weighted by atomic mass is 9.93. The molecule has 1 N–H and O–H groups in total. The van der Waals surface area contributed by atoms with Crippen molar-refractivity contribution in [2.45, 2.75) is 37.9 Å². The van der Waals surface area contributed by atoms with Gasteiger partial charge in [-0.15, -0.1) is 12.4 Å². The van der Waals surface area contributed by atoms with Crippen molar-refractivity contribution in [3.63, 3.8) is 0 Å². The van der Waals surface area contributed by atoms with Crippen molar-refractivity contribution >= 4 is 18.4 Å². The van der Waals surface area contributed by atoms with Gasteiger partial charge in [0.2, 0.25) is 0 Å². The maximum absolute atomic E-state index is 13.3. The van der Waals surface area contributed by atoms with E-state index in [1.54, 1.807) is 11.9 Å². The van der Waals surface area contributed by atoms with Gasteiger partial charge in [-0.3, -0.25) is 9.69 Å². The molecule has 1 aliphatic carbocycles. The van der Waals surface area contributed by atoms with Crippen LogP contribution >= 0.6 is 12.4 Å². The van der Waals surface area contributed by atoms with Crippen LogP contribution in [0.25, 0.3) is 0 Å². The van der Waals surface area contributed by atoms with Gasteiger partial charge in [0, 0.05) is 6.04 Å². The first-order valence-electron chi connectivity index (χ1n) is 4.67. The van der Waals surface area contributed by atoms with Gasteiger partial charge in [-0.2, -0.15) is 0 Å². The van der Waals surface area contributed by atoms with Crippen molar-refractivity contribution < 1.29 is 14.3 Å². The topological polar surface area (TPSA) is 40.5 Å². The summed E-state index contributed by atoms with van der Waals surface area (Å²) in [6.45, 7) is -0.0644. The molecule has 0 bridgehead atoms. The Hall–Kier alpha value is -0.350. The second-order valence-electron chi connectivity index (χ2n) is 3.68. The van der Waals surface area contributed by atoms with Crippen molar-refractivity contribution in [3.05, 3.63) is 0 Å². The van der Waals surface area contributed by atoms with Crippen LogP contribution in [0.4, 0.5) is 4.39 Å². The molecule has 0 aromatic carbocycles. The van der Waals surface area contributed by atoms with Crippen molar-refractivity contribution in [3.8, 4) is 0 Å². The number of halogens is 2.